The van der Waals surface area contributed by atoms with E-state index < -0.39 is 5.60 Å². The molecule has 0 unspecified atom stereocenters. The number of hydrogen-bond acceptors (Lipinski definition) is 11. The molecule has 4 aromatic heterocycles. The molecule has 0 fully saturated rings. The van der Waals surface area contributed by atoms with Gasteiger partial charge < -0.3 is 25.6 Å². The first-order chi connectivity index (χ1) is 29.0. The average molecular weight is 825 g/mol. The molecule has 0 bridgehead atoms. The Balaban J connectivity index is 0.000000189. The van der Waals surface area contributed by atoms with Crippen molar-refractivity contribution in [1.29, 1.82) is 0 Å². The summed E-state index contributed by atoms with van der Waals surface area (Å²) in [5.74, 6) is 1.28. The lowest BCUT2D eigenvalue weighted by molar-refractivity contribution is -0.115. The number of hydrogen-bond donors (Lipinski definition) is 3. The monoisotopic (exact) mass is 824 g/mol. The Labute approximate surface area is 355 Å². The average Bonchev–Trinajstić information content (AvgIpc) is 3.73. The SMILES string of the molecule is CC(=O)Nc1cc(-c2ccc3c(c2)CN(C(=O)OC(C)(C)C)CC3)nc(-n2nc(C)cc2C)n1.CC(=O)Nc1cc(-c2ccc3c(c2)CNCC3)nc(-n2nc(C)cc2C)n1. The summed E-state index contributed by atoms with van der Waals surface area (Å²) in [6.07, 6.45) is 1.48. The maximum Gasteiger partial charge on any atom is 0.410 e. The highest BCUT2D eigenvalue weighted by Gasteiger charge is 2.26. The van der Waals surface area contributed by atoms with Crippen LogP contribution in [0.1, 0.15) is 79.6 Å². The molecular weight excluding hydrogens is 773 g/mol. The van der Waals surface area contributed by atoms with Crippen LogP contribution in [0.15, 0.2) is 60.7 Å². The van der Waals surface area contributed by atoms with Crippen LogP contribution in [0.2, 0.25) is 0 Å². The Hall–Kier alpha value is -6.81. The largest absolute Gasteiger partial charge is 0.444 e. The summed E-state index contributed by atoms with van der Waals surface area (Å²) < 4.78 is 8.91. The van der Waals surface area contributed by atoms with Crippen LogP contribution in [0, 0.1) is 27.7 Å². The molecule has 2 aromatic carbocycles. The zero-order valence-corrected chi connectivity index (χ0v) is 36.2. The first-order valence-electron chi connectivity index (χ1n) is 20.3. The topological polar surface area (TPSA) is 187 Å². The quantitative estimate of drug-likeness (QED) is 0.161. The van der Waals surface area contributed by atoms with Gasteiger partial charge in [0.15, 0.2) is 0 Å². The van der Waals surface area contributed by atoms with Gasteiger partial charge >= 0.3 is 6.09 Å². The van der Waals surface area contributed by atoms with Gasteiger partial charge in [-0.2, -0.15) is 20.2 Å². The van der Waals surface area contributed by atoms with Gasteiger partial charge in [0, 0.05) is 68.1 Å². The normalized spacial score (nSPS) is 13.4. The van der Waals surface area contributed by atoms with Crippen LogP contribution in [-0.4, -0.2) is 81.0 Å². The van der Waals surface area contributed by atoms with E-state index >= 15 is 0 Å². The van der Waals surface area contributed by atoms with Crippen molar-refractivity contribution in [3.05, 3.63) is 106 Å². The number of aromatic nitrogens is 8. The molecule has 0 radical (unpaired) electrons. The van der Waals surface area contributed by atoms with Gasteiger partial charge in [-0.1, -0.05) is 24.3 Å². The molecule has 0 saturated heterocycles. The van der Waals surface area contributed by atoms with Gasteiger partial charge in [-0.15, -0.1) is 0 Å². The highest BCUT2D eigenvalue weighted by atomic mass is 16.6. The number of carbonyl (C=O) groups is 3. The summed E-state index contributed by atoms with van der Waals surface area (Å²) >= 11 is 0. The van der Waals surface area contributed by atoms with E-state index in [4.69, 9.17) is 14.7 Å². The number of carbonyl (C=O) groups excluding carboxylic acids is 3. The first-order valence-corrected chi connectivity index (χ1v) is 20.3. The van der Waals surface area contributed by atoms with Crippen LogP contribution < -0.4 is 16.0 Å². The smallest absolute Gasteiger partial charge is 0.410 e. The van der Waals surface area contributed by atoms with Crippen molar-refractivity contribution in [3.8, 4) is 34.4 Å². The van der Waals surface area contributed by atoms with Crippen molar-refractivity contribution in [2.45, 2.75) is 93.8 Å². The molecule has 0 atom stereocenters. The minimum atomic E-state index is -0.542. The lowest BCUT2D eigenvalue weighted by Crippen LogP contribution is -2.39. The van der Waals surface area contributed by atoms with Crippen molar-refractivity contribution in [2.75, 3.05) is 23.7 Å². The van der Waals surface area contributed by atoms with E-state index in [1.807, 2.05) is 72.7 Å². The molecule has 2 aliphatic rings. The maximum atomic E-state index is 12.6. The lowest BCUT2D eigenvalue weighted by atomic mass is 9.96. The molecule has 3 amide bonds. The Morgan fingerprint density at radius 2 is 1.16 bits per heavy atom. The molecule has 6 aromatic rings. The number of fused-ring (bicyclic) bond motifs is 2. The fourth-order valence-electron chi connectivity index (χ4n) is 7.34. The van der Waals surface area contributed by atoms with Gasteiger partial charge in [-0.25, -0.2) is 24.1 Å². The second kappa shape index (κ2) is 17.4. The number of nitrogens with zero attached hydrogens (tertiary/aromatic N) is 9. The second-order valence-corrected chi connectivity index (χ2v) is 16.5. The van der Waals surface area contributed by atoms with E-state index in [0.29, 0.717) is 42.3 Å². The first kappa shape index (κ1) is 42.3. The van der Waals surface area contributed by atoms with Gasteiger partial charge in [-0.3, -0.25) is 9.59 Å². The zero-order chi connectivity index (χ0) is 43.6. The fourth-order valence-corrected chi connectivity index (χ4v) is 7.34. The van der Waals surface area contributed by atoms with Crippen molar-refractivity contribution in [2.24, 2.45) is 0 Å². The fraction of sp³-hybridized carbons (Fsp3) is 0.356. The van der Waals surface area contributed by atoms with Crippen molar-refractivity contribution in [1.82, 2.24) is 49.7 Å². The third-order valence-corrected chi connectivity index (χ3v) is 9.99. The van der Waals surface area contributed by atoms with Crippen molar-refractivity contribution < 1.29 is 19.1 Å². The van der Waals surface area contributed by atoms with Gasteiger partial charge in [0.25, 0.3) is 11.9 Å². The molecule has 16 heteroatoms. The third kappa shape index (κ3) is 10.3. The highest BCUT2D eigenvalue weighted by Crippen LogP contribution is 2.29. The van der Waals surface area contributed by atoms with E-state index in [2.05, 4.69) is 60.4 Å². The molecule has 316 valence electrons. The van der Waals surface area contributed by atoms with Crippen molar-refractivity contribution in [3.63, 3.8) is 0 Å². The van der Waals surface area contributed by atoms with Crippen LogP contribution >= 0.6 is 0 Å². The molecule has 0 spiro atoms. The van der Waals surface area contributed by atoms with Crippen LogP contribution in [0.4, 0.5) is 16.4 Å². The number of ether oxygens (including phenoxy) is 1. The number of rotatable bonds is 6. The summed E-state index contributed by atoms with van der Waals surface area (Å²) in [6.45, 7) is 19.2. The van der Waals surface area contributed by atoms with E-state index in [1.54, 1.807) is 26.4 Å². The minimum Gasteiger partial charge on any atom is -0.444 e. The predicted octanol–water partition coefficient (Wildman–Crippen LogP) is 6.75. The van der Waals surface area contributed by atoms with Crippen molar-refractivity contribution >= 4 is 29.5 Å². The molecule has 16 nitrogen and oxygen atoms in total. The standard InChI is InChI=1S/C25H30N6O3.C20H22N6O/c1-15-11-16(2)31(29-15)23-27-21(13-22(28-23)26-17(3)32)19-8-7-18-9-10-30(14-20(18)12-19)24(33)34-25(4,5)6;1-12-8-13(2)26(25-12)20-23-18(10-19(24-20)22-14(3)27)16-5-4-15-6-7-21-11-17(15)9-16/h7-8,11-13H,9-10,14H2,1-6H3,(H,26,27,28,32);4-5,8-10,21H,6-7,11H2,1-3H3,(H,22,23,24,27). The van der Waals surface area contributed by atoms with Crippen LogP contribution in [-0.2, 0) is 40.3 Å². The van der Waals surface area contributed by atoms with Gasteiger partial charge in [0.2, 0.25) is 11.8 Å². The summed E-state index contributed by atoms with van der Waals surface area (Å²) in [7, 11) is 0. The Morgan fingerprint density at radius 1 is 0.656 bits per heavy atom. The molecule has 0 aliphatic carbocycles. The number of benzene rings is 2. The van der Waals surface area contributed by atoms with Crippen LogP contribution in [0.5, 0.6) is 0 Å². The highest BCUT2D eigenvalue weighted by molar-refractivity contribution is 5.89. The Morgan fingerprint density at radius 3 is 1.64 bits per heavy atom. The molecule has 2 aliphatic heterocycles. The number of amides is 3. The molecular formula is C45H52N12O4. The lowest BCUT2D eigenvalue weighted by Gasteiger charge is -2.31. The summed E-state index contributed by atoms with van der Waals surface area (Å²) in [5.41, 5.74) is 11.2. The van der Waals surface area contributed by atoms with E-state index in [1.165, 1.54) is 30.5 Å². The van der Waals surface area contributed by atoms with Gasteiger partial charge in [-0.05, 0) is 114 Å². The zero-order valence-electron chi connectivity index (χ0n) is 36.2. The Bertz CT molecular complexity index is 2640. The third-order valence-electron chi connectivity index (χ3n) is 9.99. The number of aryl methyl sites for hydroxylation is 4. The molecule has 3 N–H and O–H groups in total. The maximum absolute atomic E-state index is 12.6. The molecule has 61 heavy (non-hydrogen) atoms. The summed E-state index contributed by atoms with van der Waals surface area (Å²) in [6, 6.07) is 20.0. The summed E-state index contributed by atoms with van der Waals surface area (Å²) in [4.78, 5) is 56.0. The number of anilines is 2. The van der Waals surface area contributed by atoms with Gasteiger partial charge in [0.05, 0.1) is 22.8 Å². The summed E-state index contributed by atoms with van der Waals surface area (Å²) in [5, 5.41) is 17.9. The van der Waals surface area contributed by atoms with E-state index in [-0.39, 0.29) is 17.9 Å². The number of nitrogens with one attached hydrogen (secondary N) is 3. The van der Waals surface area contributed by atoms with Crippen LogP contribution in [0.25, 0.3) is 34.4 Å². The van der Waals surface area contributed by atoms with Crippen LogP contribution in [0.3, 0.4) is 0 Å². The van der Waals surface area contributed by atoms with E-state index in [9.17, 15) is 14.4 Å². The predicted molar refractivity (Wildman–Crippen MR) is 232 cm³/mol. The molecule has 6 heterocycles. The molecule has 0 saturated carbocycles. The van der Waals surface area contributed by atoms with E-state index in [0.717, 1.165) is 71.1 Å². The minimum absolute atomic E-state index is 0.173. The molecule has 8 rings (SSSR count). The second-order valence-electron chi connectivity index (χ2n) is 16.5. The Kier molecular flexibility index (Phi) is 12.1. The van der Waals surface area contributed by atoms with Gasteiger partial charge in [0.1, 0.15) is 17.2 Å².